The van der Waals surface area contributed by atoms with Gasteiger partial charge in [0.05, 0.1) is 0 Å². The smallest absolute Gasteiger partial charge is 0.136 e. The van der Waals surface area contributed by atoms with Crippen LogP contribution in [0.25, 0.3) is 0 Å². The molecule has 2 atom stereocenters. The summed E-state index contributed by atoms with van der Waals surface area (Å²) in [6, 6.07) is 6.85. The van der Waals surface area contributed by atoms with Crippen LogP contribution in [-0.4, -0.2) is 17.9 Å². The van der Waals surface area contributed by atoms with Crippen LogP contribution in [0.15, 0.2) is 18.2 Å². The number of hydrogen-bond acceptors (Lipinski definition) is 2. The molecule has 2 heterocycles. The van der Waals surface area contributed by atoms with Gasteiger partial charge in [0.2, 0.25) is 0 Å². The third-order valence-electron chi connectivity index (χ3n) is 3.92. The van der Waals surface area contributed by atoms with E-state index in [1.165, 1.54) is 11.3 Å². The van der Waals surface area contributed by atoms with Gasteiger partial charge in [0, 0.05) is 35.6 Å². The van der Waals surface area contributed by atoms with Gasteiger partial charge in [-0.05, 0) is 43.5 Å². The van der Waals surface area contributed by atoms with Crippen molar-refractivity contribution in [2.45, 2.75) is 44.7 Å². The molecule has 0 N–H and O–H groups in total. The average Bonchev–Trinajstić information content (AvgIpc) is 2.28. The zero-order valence-electron chi connectivity index (χ0n) is 9.95. The Morgan fingerprint density at radius 2 is 2.18 bits per heavy atom. The molecule has 2 aliphatic heterocycles. The van der Waals surface area contributed by atoms with Gasteiger partial charge in [-0.15, -0.1) is 0 Å². The maximum atomic E-state index is 11.6. The van der Waals surface area contributed by atoms with E-state index < -0.39 is 0 Å². The quantitative estimate of drug-likeness (QED) is 0.704. The molecule has 3 rings (SSSR count). The van der Waals surface area contributed by atoms with Crippen molar-refractivity contribution in [3.8, 4) is 0 Å². The van der Waals surface area contributed by atoms with Crippen LogP contribution >= 0.6 is 11.6 Å². The summed E-state index contributed by atoms with van der Waals surface area (Å²) in [7, 11) is 0. The average molecular weight is 250 g/mol. The number of hydrogen-bond donors (Lipinski definition) is 0. The third-order valence-corrected chi connectivity index (χ3v) is 4.16. The topological polar surface area (TPSA) is 20.3 Å². The number of nitrogens with zero attached hydrogens (tertiary/aromatic N) is 1. The van der Waals surface area contributed by atoms with Crippen molar-refractivity contribution < 1.29 is 4.79 Å². The van der Waals surface area contributed by atoms with Gasteiger partial charge in [-0.1, -0.05) is 11.6 Å². The summed E-state index contributed by atoms with van der Waals surface area (Å²) in [5.74, 6) is 0.413. The molecular weight excluding hydrogens is 234 g/mol. The summed E-state index contributed by atoms with van der Waals surface area (Å²) < 4.78 is 0. The molecule has 3 heteroatoms. The van der Waals surface area contributed by atoms with Crippen LogP contribution in [0, 0.1) is 0 Å². The Morgan fingerprint density at radius 1 is 1.35 bits per heavy atom. The van der Waals surface area contributed by atoms with Gasteiger partial charge >= 0.3 is 0 Å². The Kier molecular flexibility index (Phi) is 2.62. The van der Waals surface area contributed by atoms with Crippen LogP contribution < -0.4 is 4.90 Å². The van der Waals surface area contributed by atoms with Crippen molar-refractivity contribution in [3.05, 3.63) is 28.8 Å². The van der Waals surface area contributed by atoms with Crippen LogP contribution in [0.2, 0.25) is 5.02 Å². The van der Waals surface area contributed by atoms with Gasteiger partial charge in [0.1, 0.15) is 5.78 Å². The Morgan fingerprint density at radius 3 is 3.00 bits per heavy atom. The summed E-state index contributed by atoms with van der Waals surface area (Å²) >= 11 is 6.04. The molecule has 1 saturated heterocycles. The number of fused-ring (bicyclic) bond motifs is 3. The fourth-order valence-electron chi connectivity index (χ4n) is 3.24. The van der Waals surface area contributed by atoms with Crippen molar-refractivity contribution in [2.75, 3.05) is 4.90 Å². The zero-order valence-corrected chi connectivity index (χ0v) is 10.7. The standard InChI is InChI=1S/C14H16ClNO/c1-9-6-13(17)8-12-4-2-10-7-11(15)3-5-14(10)16(9)12/h3,5,7,9,12H,2,4,6,8H2,1H3/t9-,12+/m1/s1. The molecule has 17 heavy (non-hydrogen) atoms. The third kappa shape index (κ3) is 1.85. The number of carbonyl (C=O) groups is 1. The second-order valence-electron chi connectivity index (χ2n) is 5.17. The normalized spacial score (nSPS) is 27.6. The number of rotatable bonds is 0. The van der Waals surface area contributed by atoms with E-state index in [1.54, 1.807) is 0 Å². The summed E-state index contributed by atoms with van der Waals surface area (Å²) in [5, 5.41) is 0.808. The van der Waals surface area contributed by atoms with E-state index in [-0.39, 0.29) is 0 Å². The fourth-order valence-corrected chi connectivity index (χ4v) is 3.43. The Labute approximate surface area is 107 Å². The summed E-state index contributed by atoms with van der Waals surface area (Å²) in [6.07, 6.45) is 3.51. The maximum Gasteiger partial charge on any atom is 0.136 e. The molecule has 2 aliphatic rings. The highest BCUT2D eigenvalue weighted by Gasteiger charge is 2.35. The van der Waals surface area contributed by atoms with E-state index in [0.717, 1.165) is 17.9 Å². The molecule has 90 valence electrons. The van der Waals surface area contributed by atoms with E-state index in [4.69, 9.17) is 11.6 Å². The van der Waals surface area contributed by atoms with Gasteiger partial charge in [0.15, 0.2) is 0 Å². The predicted molar refractivity (Wildman–Crippen MR) is 69.7 cm³/mol. The lowest BCUT2D eigenvalue weighted by atomic mass is 9.86. The lowest BCUT2D eigenvalue weighted by Gasteiger charge is -2.45. The molecule has 0 aromatic heterocycles. The molecule has 0 radical (unpaired) electrons. The highest BCUT2D eigenvalue weighted by Crippen LogP contribution is 2.38. The lowest BCUT2D eigenvalue weighted by molar-refractivity contribution is -0.120. The fraction of sp³-hybridized carbons (Fsp3) is 0.500. The number of halogens is 1. The number of carbonyl (C=O) groups excluding carboxylic acids is 1. The molecule has 1 aromatic carbocycles. The number of ketones is 1. The molecule has 0 unspecified atom stereocenters. The van der Waals surface area contributed by atoms with Crippen LogP contribution in [-0.2, 0) is 11.2 Å². The summed E-state index contributed by atoms with van der Waals surface area (Å²) in [6.45, 7) is 2.15. The molecule has 0 spiro atoms. The summed E-state index contributed by atoms with van der Waals surface area (Å²) in [4.78, 5) is 14.1. The molecule has 1 aromatic rings. The van der Waals surface area contributed by atoms with Crippen molar-refractivity contribution in [1.82, 2.24) is 0 Å². The Hall–Kier alpha value is -1.02. The van der Waals surface area contributed by atoms with Gasteiger partial charge in [-0.25, -0.2) is 0 Å². The van der Waals surface area contributed by atoms with E-state index in [1.807, 2.05) is 6.07 Å². The summed E-state index contributed by atoms with van der Waals surface area (Å²) in [5.41, 5.74) is 2.61. The van der Waals surface area contributed by atoms with Crippen molar-refractivity contribution >= 4 is 23.1 Å². The first-order valence-corrected chi connectivity index (χ1v) is 6.61. The van der Waals surface area contributed by atoms with E-state index in [9.17, 15) is 4.79 Å². The largest absolute Gasteiger partial charge is 0.365 e. The predicted octanol–water partition coefficient (Wildman–Crippen LogP) is 3.21. The number of piperidine rings is 1. The van der Waals surface area contributed by atoms with Crippen LogP contribution in [0.1, 0.15) is 31.7 Å². The van der Waals surface area contributed by atoms with Gasteiger partial charge in [-0.2, -0.15) is 0 Å². The first kappa shape index (κ1) is 11.1. The van der Waals surface area contributed by atoms with Gasteiger partial charge in [-0.3, -0.25) is 4.79 Å². The molecular formula is C14H16ClNO. The highest BCUT2D eigenvalue weighted by molar-refractivity contribution is 6.30. The number of Topliss-reactive ketones (excluding diaryl/α,β-unsaturated/α-hetero) is 1. The van der Waals surface area contributed by atoms with E-state index in [0.29, 0.717) is 30.7 Å². The number of aryl methyl sites for hydroxylation is 1. The van der Waals surface area contributed by atoms with Crippen molar-refractivity contribution in [3.63, 3.8) is 0 Å². The second kappa shape index (κ2) is 4.02. The highest BCUT2D eigenvalue weighted by atomic mass is 35.5. The monoisotopic (exact) mass is 249 g/mol. The van der Waals surface area contributed by atoms with Gasteiger partial charge < -0.3 is 4.90 Å². The van der Waals surface area contributed by atoms with Crippen LogP contribution in [0.5, 0.6) is 0 Å². The van der Waals surface area contributed by atoms with Crippen molar-refractivity contribution in [1.29, 1.82) is 0 Å². The molecule has 1 fully saturated rings. The Bertz CT molecular complexity index is 471. The molecule has 0 saturated carbocycles. The molecule has 0 bridgehead atoms. The van der Waals surface area contributed by atoms with Crippen LogP contribution in [0.4, 0.5) is 5.69 Å². The second-order valence-corrected chi connectivity index (χ2v) is 5.61. The van der Waals surface area contributed by atoms with Crippen molar-refractivity contribution in [2.24, 2.45) is 0 Å². The molecule has 0 amide bonds. The minimum Gasteiger partial charge on any atom is -0.365 e. The zero-order chi connectivity index (χ0) is 12.0. The van der Waals surface area contributed by atoms with E-state index in [2.05, 4.69) is 24.0 Å². The van der Waals surface area contributed by atoms with Gasteiger partial charge in [0.25, 0.3) is 0 Å². The minimum atomic E-state index is 0.321. The number of benzene rings is 1. The first-order chi connectivity index (χ1) is 8.15. The Balaban J connectivity index is 2.02. The first-order valence-electron chi connectivity index (χ1n) is 6.23. The maximum absolute atomic E-state index is 11.6. The SMILES string of the molecule is C[C@@H]1CC(=O)C[C@@H]2CCc3cc(Cl)ccc3N21. The molecule has 0 aliphatic carbocycles. The number of anilines is 1. The van der Waals surface area contributed by atoms with Crippen LogP contribution in [0.3, 0.4) is 0 Å². The minimum absolute atomic E-state index is 0.321. The lowest BCUT2D eigenvalue weighted by Crippen LogP contribution is -2.50. The van der Waals surface area contributed by atoms with E-state index >= 15 is 0 Å². The molecule has 2 nitrogen and oxygen atoms in total.